The predicted molar refractivity (Wildman–Crippen MR) is 72.0 cm³/mol. The van der Waals surface area contributed by atoms with E-state index in [0.29, 0.717) is 23.0 Å². The van der Waals surface area contributed by atoms with E-state index in [-0.39, 0.29) is 0 Å². The van der Waals surface area contributed by atoms with Crippen LogP contribution < -0.4 is 11.1 Å². The number of ether oxygens (including phenoxy) is 2. The number of carbonyl (C=O) groups is 1. The van der Waals surface area contributed by atoms with E-state index in [4.69, 9.17) is 15.2 Å². The van der Waals surface area contributed by atoms with Crippen LogP contribution >= 0.6 is 0 Å². The summed E-state index contributed by atoms with van der Waals surface area (Å²) in [6.45, 7) is 2.44. The molecule has 6 heteroatoms. The molecule has 1 fully saturated rings. The molecule has 1 atom stereocenters. The molecule has 0 saturated carbocycles. The Labute approximate surface area is 112 Å². The van der Waals surface area contributed by atoms with Gasteiger partial charge in [-0.2, -0.15) is 0 Å². The van der Waals surface area contributed by atoms with Crippen LogP contribution in [0.3, 0.4) is 0 Å². The number of carbonyl (C=O) groups excluding carboxylic acids is 1. The van der Waals surface area contributed by atoms with Crippen LogP contribution in [-0.4, -0.2) is 37.8 Å². The van der Waals surface area contributed by atoms with Crippen molar-refractivity contribution in [1.29, 1.82) is 0 Å². The van der Waals surface area contributed by atoms with Gasteiger partial charge in [0.25, 0.3) is 0 Å². The van der Waals surface area contributed by atoms with Crippen LogP contribution in [0.25, 0.3) is 0 Å². The van der Waals surface area contributed by atoms with Crippen molar-refractivity contribution in [3.05, 3.63) is 17.8 Å². The molecule has 1 aromatic rings. The van der Waals surface area contributed by atoms with Crippen LogP contribution in [0.1, 0.15) is 23.2 Å². The van der Waals surface area contributed by atoms with E-state index in [2.05, 4.69) is 10.3 Å². The molecule has 1 saturated heterocycles. The van der Waals surface area contributed by atoms with Gasteiger partial charge in [0, 0.05) is 19.8 Å². The summed E-state index contributed by atoms with van der Waals surface area (Å²) < 4.78 is 10.1. The predicted octanol–water partition coefficient (Wildman–Crippen LogP) is 1.29. The highest BCUT2D eigenvalue weighted by molar-refractivity contribution is 5.96. The van der Waals surface area contributed by atoms with Crippen LogP contribution in [0.15, 0.2) is 12.3 Å². The van der Waals surface area contributed by atoms with Crippen molar-refractivity contribution in [2.24, 2.45) is 5.92 Å². The lowest BCUT2D eigenvalue weighted by molar-refractivity contribution is 0.0601. The number of anilines is 2. The second-order valence-electron chi connectivity index (χ2n) is 4.59. The van der Waals surface area contributed by atoms with Crippen LogP contribution in [0.4, 0.5) is 11.5 Å². The average molecular weight is 265 g/mol. The van der Waals surface area contributed by atoms with Crippen molar-refractivity contribution in [1.82, 2.24) is 4.98 Å². The van der Waals surface area contributed by atoms with Crippen molar-refractivity contribution < 1.29 is 14.3 Å². The molecule has 1 unspecified atom stereocenters. The first kappa shape index (κ1) is 13.6. The normalized spacial score (nSPS) is 18.3. The molecule has 2 rings (SSSR count). The number of nitrogen functional groups attached to an aromatic ring is 1. The lowest BCUT2D eigenvalue weighted by Gasteiger charge is -2.12. The smallest absolute Gasteiger partial charge is 0.340 e. The maximum atomic E-state index is 11.6. The molecular formula is C13H19N3O3. The summed E-state index contributed by atoms with van der Waals surface area (Å²) in [5, 5.41) is 3.21. The molecule has 2 heterocycles. The standard InChI is InChI=1S/C13H19N3O3/c1-18-13(17)10-6-12(14)16-7-11(10)15-4-2-9-3-5-19-8-9/h6-7,9,15H,2-5,8H2,1H3,(H2,14,16). The van der Waals surface area contributed by atoms with Crippen molar-refractivity contribution in [3.8, 4) is 0 Å². The van der Waals surface area contributed by atoms with Gasteiger partial charge in [0.1, 0.15) is 5.82 Å². The third-order valence-corrected chi connectivity index (χ3v) is 3.22. The number of rotatable bonds is 5. The summed E-state index contributed by atoms with van der Waals surface area (Å²) in [7, 11) is 1.35. The zero-order valence-corrected chi connectivity index (χ0v) is 11.0. The molecule has 1 aliphatic heterocycles. The number of nitrogens with one attached hydrogen (secondary N) is 1. The van der Waals surface area contributed by atoms with Crippen LogP contribution in [0, 0.1) is 5.92 Å². The van der Waals surface area contributed by atoms with Gasteiger partial charge in [0.05, 0.1) is 24.6 Å². The van der Waals surface area contributed by atoms with Crippen molar-refractivity contribution in [2.75, 3.05) is 37.9 Å². The van der Waals surface area contributed by atoms with E-state index in [1.165, 1.54) is 13.2 Å². The summed E-state index contributed by atoms with van der Waals surface area (Å²) in [6.07, 6.45) is 3.67. The first-order valence-corrected chi connectivity index (χ1v) is 6.36. The highest BCUT2D eigenvalue weighted by Gasteiger charge is 2.16. The molecule has 3 N–H and O–H groups in total. The van der Waals surface area contributed by atoms with Gasteiger partial charge >= 0.3 is 5.97 Å². The quantitative estimate of drug-likeness (QED) is 0.780. The summed E-state index contributed by atoms with van der Waals surface area (Å²) in [6, 6.07) is 1.52. The Bertz CT molecular complexity index is 445. The minimum atomic E-state index is -0.416. The first-order chi connectivity index (χ1) is 9.20. The van der Waals surface area contributed by atoms with Gasteiger partial charge in [-0.1, -0.05) is 0 Å². The van der Waals surface area contributed by atoms with Gasteiger partial charge in [-0.05, 0) is 24.8 Å². The highest BCUT2D eigenvalue weighted by Crippen LogP contribution is 2.20. The topological polar surface area (TPSA) is 86.5 Å². The maximum absolute atomic E-state index is 11.6. The Morgan fingerprint density at radius 3 is 3.21 bits per heavy atom. The molecule has 6 nitrogen and oxygen atoms in total. The van der Waals surface area contributed by atoms with Crippen LogP contribution in [-0.2, 0) is 9.47 Å². The monoisotopic (exact) mass is 265 g/mol. The Morgan fingerprint density at radius 2 is 2.53 bits per heavy atom. The van der Waals surface area contributed by atoms with Crippen LogP contribution in [0.5, 0.6) is 0 Å². The Balaban J connectivity index is 1.96. The summed E-state index contributed by atoms with van der Waals surface area (Å²) in [5.74, 6) is 0.478. The lowest BCUT2D eigenvalue weighted by atomic mass is 10.1. The maximum Gasteiger partial charge on any atom is 0.340 e. The van der Waals surface area contributed by atoms with Gasteiger partial charge in [0.15, 0.2) is 0 Å². The lowest BCUT2D eigenvalue weighted by Crippen LogP contribution is -2.13. The second-order valence-corrected chi connectivity index (χ2v) is 4.59. The van der Waals surface area contributed by atoms with E-state index in [1.54, 1.807) is 6.20 Å². The Kier molecular flexibility index (Phi) is 4.57. The number of hydrogen-bond donors (Lipinski definition) is 2. The van der Waals surface area contributed by atoms with E-state index in [1.807, 2.05) is 0 Å². The molecule has 0 amide bonds. The van der Waals surface area contributed by atoms with Gasteiger partial charge < -0.3 is 20.5 Å². The SMILES string of the molecule is COC(=O)c1cc(N)ncc1NCCC1CCOC1. The van der Waals surface area contributed by atoms with Gasteiger partial charge in [-0.25, -0.2) is 9.78 Å². The fraction of sp³-hybridized carbons (Fsp3) is 0.538. The molecule has 1 aliphatic rings. The zero-order valence-electron chi connectivity index (χ0n) is 11.0. The number of nitrogens with zero attached hydrogens (tertiary/aromatic N) is 1. The van der Waals surface area contributed by atoms with Crippen molar-refractivity contribution in [2.45, 2.75) is 12.8 Å². The number of aromatic nitrogens is 1. The second kappa shape index (κ2) is 6.38. The summed E-state index contributed by atoms with van der Waals surface area (Å²) in [4.78, 5) is 15.6. The fourth-order valence-electron chi connectivity index (χ4n) is 2.11. The van der Waals surface area contributed by atoms with Gasteiger partial charge in [0.2, 0.25) is 0 Å². The van der Waals surface area contributed by atoms with Gasteiger partial charge in [-0.3, -0.25) is 0 Å². The molecule has 104 valence electrons. The van der Waals surface area contributed by atoms with E-state index in [0.717, 1.165) is 32.6 Å². The minimum Gasteiger partial charge on any atom is -0.465 e. The Morgan fingerprint density at radius 1 is 1.68 bits per heavy atom. The van der Waals surface area contributed by atoms with E-state index >= 15 is 0 Å². The number of esters is 1. The third-order valence-electron chi connectivity index (χ3n) is 3.22. The first-order valence-electron chi connectivity index (χ1n) is 6.36. The minimum absolute atomic E-state index is 0.301. The number of hydrogen-bond acceptors (Lipinski definition) is 6. The molecule has 0 spiro atoms. The molecule has 19 heavy (non-hydrogen) atoms. The third kappa shape index (κ3) is 3.57. The molecule has 0 aromatic carbocycles. The van der Waals surface area contributed by atoms with Crippen LogP contribution in [0.2, 0.25) is 0 Å². The molecule has 1 aromatic heterocycles. The number of methoxy groups -OCH3 is 1. The highest BCUT2D eigenvalue weighted by atomic mass is 16.5. The van der Waals surface area contributed by atoms with E-state index in [9.17, 15) is 4.79 Å². The summed E-state index contributed by atoms with van der Waals surface area (Å²) >= 11 is 0. The van der Waals surface area contributed by atoms with E-state index < -0.39 is 5.97 Å². The Hall–Kier alpha value is -1.82. The van der Waals surface area contributed by atoms with Crippen molar-refractivity contribution in [3.63, 3.8) is 0 Å². The molecule has 0 aliphatic carbocycles. The number of nitrogens with two attached hydrogens (primary N) is 1. The molecular weight excluding hydrogens is 246 g/mol. The largest absolute Gasteiger partial charge is 0.465 e. The molecule has 0 bridgehead atoms. The summed E-state index contributed by atoms with van der Waals surface area (Å²) in [5.41, 5.74) is 6.65. The molecule has 0 radical (unpaired) electrons. The average Bonchev–Trinajstić information content (AvgIpc) is 2.92. The van der Waals surface area contributed by atoms with Crippen molar-refractivity contribution >= 4 is 17.5 Å². The van der Waals surface area contributed by atoms with Gasteiger partial charge in [-0.15, -0.1) is 0 Å². The zero-order chi connectivity index (χ0) is 13.7. The fourth-order valence-corrected chi connectivity index (χ4v) is 2.11. The number of pyridine rings is 1.